The highest BCUT2D eigenvalue weighted by Gasteiger charge is 2.41. The van der Waals surface area contributed by atoms with Crippen molar-refractivity contribution in [1.82, 2.24) is 10.2 Å². The lowest BCUT2D eigenvalue weighted by Crippen LogP contribution is -2.41. The van der Waals surface area contributed by atoms with Gasteiger partial charge in [-0.1, -0.05) is 18.2 Å². The van der Waals surface area contributed by atoms with E-state index < -0.39 is 6.04 Å². The van der Waals surface area contributed by atoms with Crippen molar-refractivity contribution in [2.45, 2.75) is 31.5 Å². The summed E-state index contributed by atoms with van der Waals surface area (Å²) in [5, 5.41) is 2.98. The second-order valence-corrected chi connectivity index (χ2v) is 7.48. The Labute approximate surface area is 175 Å². The number of fused-ring (bicyclic) bond motifs is 1. The second kappa shape index (κ2) is 8.75. The molecule has 0 spiro atoms. The molecule has 0 bridgehead atoms. The monoisotopic (exact) mass is 410 g/mol. The van der Waals surface area contributed by atoms with Crippen molar-refractivity contribution in [3.05, 3.63) is 59.2 Å². The van der Waals surface area contributed by atoms with Crippen LogP contribution in [0.25, 0.3) is 0 Å². The second-order valence-electron chi connectivity index (χ2n) is 7.48. The summed E-state index contributed by atoms with van der Waals surface area (Å²) >= 11 is 0. The standard InChI is InChI=1S/C23H26N2O5/c1-28-16-10-9-15(20(12-16)29-2)14-25-21(18-7-3-4-8-19(18)23(25)27)22(26)24-13-17-6-5-11-30-17/h3-4,7-10,12,17,21H,5-6,11,13-14H2,1-2H3,(H,24,26)/t17-,21+/m0/s1. The van der Waals surface area contributed by atoms with Crippen molar-refractivity contribution in [2.75, 3.05) is 27.4 Å². The lowest BCUT2D eigenvalue weighted by molar-refractivity contribution is -0.126. The van der Waals surface area contributed by atoms with Gasteiger partial charge in [0.25, 0.3) is 5.91 Å². The zero-order chi connectivity index (χ0) is 21.1. The Hall–Kier alpha value is -3.06. The average molecular weight is 410 g/mol. The largest absolute Gasteiger partial charge is 0.497 e. The van der Waals surface area contributed by atoms with Crippen LogP contribution in [-0.2, 0) is 16.1 Å². The van der Waals surface area contributed by atoms with Crippen molar-refractivity contribution in [1.29, 1.82) is 0 Å². The molecule has 2 aliphatic rings. The molecule has 7 heteroatoms. The molecule has 2 atom stereocenters. The number of hydrogen-bond donors (Lipinski definition) is 1. The van der Waals surface area contributed by atoms with E-state index in [9.17, 15) is 9.59 Å². The van der Waals surface area contributed by atoms with E-state index >= 15 is 0 Å². The summed E-state index contributed by atoms with van der Waals surface area (Å²) < 4.78 is 16.4. The van der Waals surface area contributed by atoms with E-state index in [0.29, 0.717) is 23.6 Å². The molecule has 2 amide bonds. The van der Waals surface area contributed by atoms with E-state index in [1.807, 2.05) is 30.3 Å². The number of ether oxygens (including phenoxy) is 3. The molecule has 0 aromatic heterocycles. The van der Waals surface area contributed by atoms with E-state index in [4.69, 9.17) is 14.2 Å². The number of hydrogen-bond acceptors (Lipinski definition) is 5. The van der Waals surface area contributed by atoms with Gasteiger partial charge in [-0.2, -0.15) is 0 Å². The number of methoxy groups -OCH3 is 2. The van der Waals surface area contributed by atoms with Gasteiger partial charge in [0, 0.05) is 30.3 Å². The Morgan fingerprint density at radius 2 is 2.03 bits per heavy atom. The summed E-state index contributed by atoms with van der Waals surface area (Å²) in [6.07, 6.45) is 1.98. The average Bonchev–Trinajstić information content (AvgIpc) is 3.39. The van der Waals surface area contributed by atoms with Crippen LogP contribution in [0, 0.1) is 0 Å². The molecule has 30 heavy (non-hydrogen) atoms. The molecule has 1 fully saturated rings. The third-order valence-corrected chi connectivity index (χ3v) is 5.67. The molecule has 1 N–H and O–H groups in total. The third-order valence-electron chi connectivity index (χ3n) is 5.67. The maximum atomic E-state index is 13.2. The molecule has 2 aromatic carbocycles. The molecule has 0 aliphatic carbocycles. The molecular weight excluding hydrogens is 384 g/mol. The molecule has 4 rings (SSSR count). The highest BCUT2D eigenvalue weighted by atomic mass is 16.5. The smallest absolute Gasteiger partial charge is 0.255 e. The van der Waals surface area contributed by atoms with E-state index in [0.717, 1.165) is 30.6 Å². The fourth-order valence-electron chi connectivity index (χ4n) is 4.10. The molecule has 7 nitrogen and oxygen atoms in total. The van der Waals surface area contributed by atoms with Gasteiger partial charge >= 0.3 is 0 Å². The number of benzene rings is 2. The van der Waals surface area contributed by atoms with Crippen molar-refractivity contribution in [3.8, 4) is 11.5 Å². The van der Waals surface area contributed by atoms with Crippen molar-refractivity contribution in [2.24, 2.45) is 0 Å². The van der Waals surface area contributed by atoms with Crippen LogP contribution in [0.3, 0.4) is 0 Å². The van der Waals surface area contributed by atoms with Gasteiger partial charge in [0.2, 0.25) is 5.91 Å². The van der Waals surface area contributed by atoms with E-state index in [1.165, 1.54) is 0 Å². The van der Waals surface area contributed by atoms with Gasteiger partial charge < -0.3 is 24.4 Å². The van der Waals surface area contributed by atoms with Crippen molar-refractivity contribution in [3.63, 3.8) is 0 Å². The van der Waals surface area contributed by atoms with Crippen LogP contribution < -0.4 is 14.8 Å². The summed E-state index contributed by atoms with van der Waals surface area (Å²) in [4.78, 5) is 27.9. The molecule has 158 valence electrons. The predicted molar refractivity (Wildman–Crippen MR) is 111 cm³/mol. The van der Waals surface area contributed by atoms with E-state index in [2.05, 4.69) is 5.32 Å². The van der Waals surface area contributed by atoms with E-state index in [1.54, 1.807) is 31.3 Å². The molecule has 1 saturated heterocycles. The predicted octanol–water partition coefficient (Wildman–Crippen LogP) is 2.70. The molecule has 0 unspecified atom stereocenters. The molecule has 2 heterocycles. The molecular formula is C23H26N2O5. The van der Waals surface area contributed by atoms with Crippen LogP contribution >= 0.6 is 0 Å². The topological polar surface area (TPSA) is 77.1 Å². The first-order valence-corrected chi connectivity index (χ1v) is 10.1. The molecule has 2 aromatic rings. The van der Waals surface area contributed by atoms with Crippen molar-refractivity contribution < 1.29 is 23.8 Å². The van der Waals surface area contributed by atoms with Gasteiger partial charge in [-0.05, 0) is 36.6 Å². The normalized spacial score (nSPS) is 20.2. The van der Waals surface area contributed by atoms with Crippen LogP contribution in [0.15, 0.2) is 42.5 Å². The Kier molecular flexibility index (Phi) is 5.90. The molecule has 2 aliphatic heterocycles. The van der Waals surface area contributed by atoms with Crippen molar-refractivity contribution >= 4 is 11.8 Å². The first-order valence-electron chi connectivity index (χ1n) is 10.1. The quantitative estimate of drug-likeness (QED) is 0.760. The van der Waals surface area contributed by atoms with Crippen LogP contribution in [0.1, 0.15) is 40.4 Å². The summed E-state index contributed by atoms with van der Waals surface area (Å²) in [7, 11) is 3.16. The number of carbonyl (C=O) groups is 2. The summed E-state index contributed by atoms with van der Waals surface area (Å²) in [5.41, 5.74) is 2.08. The number of amides is 2. The number of carbonyl (C=O) groups excluding carboxylic acids is 2. The number of rotatable bonds is 7. The number of nitrogens with zero attached hydrogens (tertiary/aromatic N) is 1. The maximum absolute atomic E-state index is 13.2. The van der Waals surface area contributed by atoms with Gasteiger partial charge in [-0.3, -0.25) is 9.59 Å². The fourth-order valence-corrected chi connectivity index (χ4v) is 4.10. The third kappa shape index (κ3) is 3.85. The molecule has 0 radical (unpaired) electrons. The minimum atomic E-state index is -0.693. The van der Waals surface area contributed by atoms with Crippen LogP contribution in [0.2, 0.25) is 0 Å². The Morgan fingerprint density at radius 1 is 1.20 bits per heavy atom. The highest BCUT2D eigenvalue weighted by molar-refractivity contribution is 6.04. The van der Waals surface area contributed by atoms with Crippen LogP contribution in [-0.4, -0.2) is 50.2 Å². The zero-order valence-corrected chi connectivity index (χ0v) is 17.2. The lowest BCUT2D eigenvalue weighted by Gasteiger charge is -2.26. The van der Waals surface area contributed by atoms with Gasteiger partial charge in [0.15, 0.2) is 0 Å². The first-order chi connectivity index (χ1) is 14.6. The van der Waals surface area contributed by atoms with Crippen LogP contribution in [0.4, 0.5) is 0 Å². The first kappa shape index (κ1) is 20.2. The maximum Gasteiger partial charge on any atom is 0.255 e. The van der Waals surface area contributed by atoms with Crippen LogP contribution in [0.5, 0.6) is 11.5 Å². The SMILES string of the molecule is COc1ccc(CN2C(=O)c3ccccc3[C@@H]2C(=O)NC[C@@H]2CCCO2)c(OC)c1. The molecule has 0 saturated carbocycles. The minimum Gasteiger partial charge on any atom is -0.497 e. The number of nitrogens with one attached hydrogen (secondary N) is 1. The highest BCUT2D eigenvalue weighted by Crippen LogP contribution is 2.37. The van der Waals surface area contributed by atoms with Gasteiger partial charge in [-0.25, -0.2) is 0 Å². The minimum absolute atomic E-state index is 0.0384. The Balaban J connectivity index is 1.60. The Bertz CT molecular complexity index is 939. The van der Waals surface area contributed by atoms with Gasteiger partial charge in [0.05, 0.1) is 26.9 Å². The Morgan fingerprint density at radius 3 is 2.77 bits per heavy atom. The lowest BCUT2D eigenvalue weighted by atomic mass is 10.0. The van der Waals surface area contributed by atoms with Gasteiger partial charge in [-0.15, -0.1) is 0 Å². The zero-order valence-electron chi connectivity index (χ0n) is 17.2. The van der Waals surface area contributed by atoms with Gasteiger partial charge in [0.1, 0.15) is 17.5 Å². The summed E-state index contributed by atoms with van der Waals surface area (Å²) in [6, 6.07) is 12.0. The summed E-state index contributed by atoms with van der Waals surface area (Å²) in [5.74, 6) is 0.908. The fraction of sp³-hybridized carbons (Fsp3) is 0.391. The van der Waals surface area contributed by atoms with E-state index in [-0.39, 0.29) is 24.5 Å². The summed E-state index contributed by atoms with van der Waals surface area (Å²) in [6.45, 7) is 1.43.